The van der Waals surface area contributed by atoms with E-state index in [0.717, 1.165) is 17.4 Å². The molecule has 0 fully saturated rings. The van der Waals surface area contributed by atoms with Crippen LogP contribution in [0, 0.1) is 13.8 Å². The second-order valence-corrected chi connectivity index (χ2v) is 5.17. The summed E-state index contributed by atoms with van der Waals surface area (Å²) in [6.07, 6.45) is 0.896. The summed E-state index contributed by atoms with van der Waals surface area (Å²) in [5.41, 5.74) is 5.58. The van der Waals surface area contributed by atoms with E-state index in [1.807, 2.05) is 18.2 Å². The Balaban J connectivity index is 2.34. The van der Waals surface area contributed by atoms with Gasteiger partial charge in [0, 0.05) is 5.56 Å². The lowest BCUT2D eigenvalue weighted by Gasteiger charge is -2.13. The van der Waals surface area contributed by atoms with Gasteiger partial charge in [0.05, 0.1) is 0 Å². The first-order valence-electron chi connectivity index (χ1n) is 6.75. The number of benzene rings is 3. The Morgan fingerprint density at radius 3 is 2.40 bits per heavy atom. The lowest BCUT2D eigenvalue weighted by Crippen LogP contribution is -1.91. The molecule has 3 rings (SSSR count). The molecule has 1 nitrogen and oxygen atoms in total. The van der Waals surface area contributed by atoms with Gasteiger partial charge in [-0.05, 0) is 52.9 Å². The molecule has 1 heteroatoms. The van der Waals surface area contributed by atoms with E-state index >= 15 is 0 Å². The highest BCUT2D eigenvalue weighted by Crippen LogP contribution is 2.34. The third-order valence-electron chi connectivity index (χ3n) is 3.79. The molecule has 98 valence electrons. The number of carbonyl (C=O) groups excluding carboxylic acids is 1. The molecule has 3 aromatic carbocycles. The van der Waals surface area contributed by atoms with E-state index in [-0.39, 0.29) is 0 Å². The molecule has 0 aliphatic heterocycles. The Morgan fingerprint density at radius 1 is 0.850 bits per heavy atom. The van der Waals surface area contributed by atoms with Crippen LogP contribution in [0.4, 0.5) is 0 Å². The first kappa shape index (κ1) is 12.6. The van der Waals surface area contributed by atoms with Crippen LogP contribution < -0.4 is 0 Å². The van der Waals surface area contributed by atoms with Crippen LogP contribution in [-0.4, -0.2) is 6.29 Å². The number of fused-ring (bicyclic) bond motifs is 1. The summed E-state index contributed by atoms with van der Waals surface area (Å²) >= 11 is 0. The number of hydrogen-bond acceptors (Lipinski definition) is 1. The summed E-state index contributed by atoms with van der Waals surface area (Å²) < 4.78 is 0. The fourth-order valence-corrected chi connectivity index (χ4v) is 2.78. The first-order valence-corrected chi connectivity index (χ1v) is 6.75. The van der Waals surface area contributed by atoms with Gasteiger partial charge in [0.25, 0.3) is 0 Å². The first-order chi connectivity index (χ1) is 9.70. The molecule has 0 N–H and O–H groups in total. The van der Waals surface area contributed by atoms with Crippen LogP contribution in [0.5, 0.6) is 0 Å². The van der Waals surface area contributed by atoms with Crippen LogP contribution in [0.2, 0.25) is 0 Å². The van der Waals surface area contributed by atoms with Crippen LogP contribution in [0.3, 0.4) is 0 Å². The maximum atomic E-state index is 10.9. The van der Waals surface area contributed by atoms with Gasteiger partial charge in [0.15, 0.2) is 0 Å². The van der Waals surface area contributed by atoms with Crippen molar-refractivity contribution in [2.75, 3.05) is 0 Å². The molecule has 0 radical (unpaired) electrons. The van der Waals surface area contributed by atoms with Crippen LogP contribution in [-0.2, 0) is 0 Å². The Hall–Kier alpha value is -2.41. The number of rotatable bonds is 2. The summed E-state index contributed by atoms with van der Waals surface area (Å²) in [7, 11) is 0. The molecule has 0 aliphatic rings. The molecule has 0 amide bonds. The van der Waals surface area contributed by atoms with Gasteiger partial charge in [-0.15, -0.1) is 0 Å². The van der Waals surface area contributed by atoms with Gasteiger partial charge in [-0.1, -0.05) is 48.5 Å². The number of hydrogen-bond donors (Lipinski definition) is 0. The number of aryl methyl sites for hydroxylation is 2. The van der Waals surface area contributed by atoms with E-state index in [0.29, 0.717) is 0 Å². The van der Waals surface area contributed by atoms with Crippen molar-refractivity contribution in [3.05, 3.63) is 71.3 Å². The Bertz CT molecular complexity index is 800. The van der Waals surface area contributed by atoms with E-state index in [1.165, 1.54) is 27.5 Å². The van der Waals surface area contributed by atoms with Crippen molar-refractivity contribution in [2.45, 2.75) is 13.8 Å². The van der Waals surface area contributed by atoms with Gasteiger partial charge in [-0.25, -0.2) is 0 Å². The largest absolute Gasteiger partial charge is 0.298 e. The zero-order chi connectivity index (χ0) is 14.1. The number of aldehydes is 1. The molecular weight excluding hydrogens is 244 g/mol. The average molecular weight is 260 g/mol. The second kappa shape index (κ2) is 4.93. The number of carbonyl (C=O) groups is 1. The normalized spacial score (nSPS) is 10.7. The van der Waals surface area contributed by atoms with Crippen LogP contribution in [0.15, 0.2) is 54.6 Å². The molecule has 0 atom stereocenters. The zero-order valence-corrected chi connectivity index (χ0v) is 11.7. The third-order valence-corrected chi connectivity index (χ3v) is 3.79. The predicted molar refractivity (Wildman–Crippen MR) is 84.2 cm³/mol. The van der Waals surface area contributed by atoms with Gasteiger partial charge in [0.2, 0.25) is 0 Å². The molecule has 0 spiro atoms. The third kappa shape index (κ3) is 2.01. The minimum absolute atomic E-state index is 0.726. The Kier molecular flexibility index (Phi) is 3.11. The highest BCUT2D eigenvalue weighted by atomic mass is 16.1. The lowest BCUT2D eigenvalue weighted by molar-refractivity contribution is 0.112. The van der Waals surface area contributed by atoms with Gasteiger partial charge in [0.1, 0.15) is 6.29 Å². The smallest absolute Gasteiger partial charge is 0.150 e. The Labute approximate surface area is 118 Å². The second-order valence-electron chi connectivity index (χ2n) is 5.17. The van der Waals surface area contributed by atoms with Crippen molar-refractivity contribution < 1.29 is 4.79 Å². The van der Waals surface area contributed by atoms with Crippen molar-refractivity contribution in [3.8, 4) is 11.1 Å². The summed E-state index contributed by atoms with van der Waals surface area (Å²) in [5, 5.41) is 2.50. The fourth-order valence-electron chi connectivity index (χ4n) is 2.78. The van der Waals surface area contributed by atoms with E-state index in [4.69, 9.17) is 0 Å². The topological polar surface area (TPSA) is 17.1 Å². The van der Waals surface area contributed by atoms with E-state index in [9.17, 15) is 4.79 Å². The molecule has 3 aromatic rings. The lowest BCUT2D eigenvalue weighted by atomic mass is 9.91. The highest BCUT2D eigenvalue weighted by Gasteiger charge is 2.09. The van der Waals surface area contributed by atoms with Crippen molar-refractivity contribution >= 4 is 17.1 Å². The van der Waals surface area contributed by atoms with E-state index in [2.05, 4.69) is 50.2 Å². The van der Waals surface area contributed by atoms with Crippen LogP contribution in [0.25, 0.3) is 21.9 Å². The molecule has 0 bridgehead atoms. The van der Waals surface area contributed by atoms with Crippen molar-refractivity contribution in [1.29, 1.82) is 0 Å². The fraction of sp³-hybridized carbons (Fsp3) is 0.105. The van der Waals surface area contributed by atoms with Gasteiger partial charge in [-0.3, -0.25) is 4.79 Å². The summed E-state index contributed by atoms with van der Waals surface area (Å²) in [5.74, 6) is 0. The summed E-state index contributed by atoms with van der Waals surface area (Å²) in [4.78, 5) is 10.9. The average Bonchev–Trinajstić information content (AvgIpc) is 2.48. The molecule has 0 unspecified atom stereocenters. The van der Waals surface area contributed by atoms with E-state index < -0.39 is 0 Å². The quantitative estimate of drug-likeness (QED) is 0.597. The molecule has 20 heavy (non-hydrogen) atoms. The molecule has 0 saturated carbocycles. The van der Waals surface area contributed by atoms with Crippen LogP contribution >= 0.6 is 0 Å². The van der Waals surface area contributed by atoms with Gasteiger partial charge in [-0.2, -0.15) is 0 Å². The highest BCUT2D eigenvalue weighted by molar-refractivity contribution is 5.99. The predicted octanol–water partition coefficient (Wildman–Crippen LogP) is 4.94. The Morgan fingerprint density at radius 2 is 1.65 bits per heavy atom. The molecule has 0 aliphatic carbocycles. The standard InChI is InChI=1S/C19H16O/c1-13-7-9-16-5-3-4-6-18(16)19(13)17-10-8-15(12-20)11-14(17)2/h3-12H,1-2H3. The maximum Gasteiger partial charge on any atom is 0.150 e. The van der Waals surface area contributed by atoms with Crippen molar-refractivity contribution in [3.63, 3.8) is 0 Å². The molecule has 0 heterocycles. The minimum Gasteiger partial charge on any atom is -0.298 e. The molecular formula is C19H16O. The van der Waals surface area contributed by atoms with E-state index in [1.54, 1.807) is 0 Å². The van der Waals surface area contributed by atoms with Crippen LogP contribution in [0.1, 0.15) is 21.5 Å². The SMILES string of the molecule is Cc1cc(C=O)ccc1-c1c(C)ccc2ccccc12. The monoisotopic (exact) mass is 260 g/mol. The van der Waals surface area contributed by atoms with Gasteiger partial charge < -0.3 is 0 Å². The zero-order valence-electron chi connectivity index (χ0n) is 11.7. The van der Waals surface area contributed by atoms with Crippen molar-refractivity contribution in [1.82, 2.24) is 0 Å². The molecule has 0 saturated heterocycles. The maximum absolute atomic E-state index is 10.9. The minimum atomic E-state index is 0.726. The van der Waals surface area contributed by atoms with Gasteiger partial charge >= 0.3 is 0 Å². The summed E-state index contributed by atoms with van der Waals surface area (Å²) in [6, 6.07) is 18.6. The molecule has 0 aromatic heterocycles. The summed E-state index contributed by atoms with van der Waals surface area (Å²) in [6.45, 7) is 4.19. The van der Waals surface area contributed by atoms with Crippen molar-refractivity contribution in [2.24, 2.45) is 0 Å².